The zero-order valence-electron chi connectivity index (χ0n) is 18.4. The van der Waals surface area contributed by atoms with Crippen LogP contribution in [0.5, 0.6) is 5.75 Å². The van der Waals surface area contributed by atoms with Crippen molar-refractivity contribution >= 4 is 33.6 Å². The van der Waals surface area contributed by atoms with Crippen molar-refractivity contribution in [2.24, 2.45) is 0 Å². The van der Waals surface area contributed by atoms with Gasteiger partial charge in [0.1, 0.15) is 15.8 Å². The molecule has 0 bridgehead atoms. The van der Waals surface area contributed by atoms with Gasteiger partial charge >= 0.3 is 0 Å². The monoisotopic (exact) mass is 473 g/mol. The summed E-state index contributed by atoms with van der Waals surface area (Å²) in [5.74, 6) is -2.37. The Labute approximate surface area is 194 Å². The minimum absolute atomic E-state index is 0.0377. The molecule has 2 aromatic heterocycles. The largest absolute Gasteiger partial charge is 0.488 e. The molecule has 1 fully saturated rings. The van der Waals surface area contributed by atoms with Crippen LogP contribution in [-0.4, -0.2) is 35.1 Å². The zero-order valence-corrected chi connectivity index (χ0v) is 19.2. The van der Waals surface area contributed by atoms with Crippen LogP contribution in [0, 0.1) is 11.6 Å². The van der Waals surface area contributed by atoms with Crippen LogP contribution >= 0.6 is 11.3 Å². The highest BCUT2D eigenvalue weighted by atomic mass is 32.1. The van der Waals surface area contributed by atoms with Gasteiger partial charge < -0.3 is 20.7 Å². The van der Waals surface area contributed by atoms with Crippen molar-refractivity contribution in [2.75, 3.05) is 29.0 Å². The number of rotatable bonds is 6. The first-order valence-corrected chi connectivity index (χ1v) is 11.6. The smallest absolute Gasteiger partial charge is 0.277 e. The van der Waals surface area contributed by atoms with Crippen LogP contribution in [0.2, 0.25) is 0 Å². The van der Waals surface area contributed by atoms with Crippen molar-refractivity contribution < 1.29 is 18.3 Å². The lowest BCUT2D eigenvalue weighted by Crippen LogP contribution is -2.30. The normalized spacial score (nSPS) is 13.9. The fraction of sp³-hybridized carbons (Fsp3) is 0.348. The van der Waals surface area contributed by atoms with E-state index in [0.717, 1.165) is 49.0 Å². The predicted molar refractivity (Wildman–Crippen MR) is 126 cm³/mol. The summed E-state index contributed by atoms with van der Waals surface area (Å²) in [7, 11) is 0. The molecule has 3 aromatic rings. The molecule has 0 aliphatic carbocycles. The van der Waals surface area contributed by atoms with Gasteiger partial charge in [-0.05, 0) is 51.3 Å². The summed E-state index contributed by atoms with van der Waals surface area (Å²) in [5, 5.41) is 2.82. The maximum atomic E-state index is 15.0. The number of anilines is 3. The van der Waals surface area contributed by atoms with Crippen molar-refractivity contribution in [3.8, 4) is 16.3 Å². The number of nitrogens with zero attached hydrogens (tertiary/aromatic N) is 3. The number of carbonyl (C=O) groups is 1. The number of thiazole rings is 1. The van der Waals surface area contributed by atoms with E-state index in [9.17, 15) is 13.6 Å². The second-order valence-electron chi connectivity index (χ2n) is 8.03. The number of benzene rings is 1. The Morgan fingerprint density at radius 1 is 1.21 bits per heavy atom. The molecule has 0 spiro atoms. The second-order valence-corrected chi connectivity index (χ2v) is 9.06. The summed E-state index contributed by atoms with van der Waals surface area (Å²) in [5.41, 5.74) is 6.95. The quantitative estimate of drug-likeness (QED) is 0.518. The summed E-state index contributed by atoms with van der Waals surface area (Å²) in [6.07, 6.45) is 6.28. The van der Waals surface area contributed by atoms with Crippen molar-refractivity contribution in [1.29, 1.82) is 0 Å². The third-order valence-electron chi connectivity index (χ3n) is 5.24. The molecule has 3 heterocycles. The number of nitrogens with one attached hydrogen (secondary N) is 1. The van der Waals surface area contributed by atoms with Gasteiger partial charge in [0, 0.05) is 19.3 Å². The molecule has 33 heavy (non-hydrogen) atoms. The number of nitrogen functional groups attached to an aromatic ring is 1. The third-order valence-corrected chi connectivity index (χ3v) is 6.15. The molecule has 4 rings (SSSR count). The van der Waals surface area contributed by atoms with E-state index in [0.29, 0.717) is 5.69 Å². The Morgan fingerprint density at radius 2 is 1.97 bits per heavy atom. The minimum atomic E-state index is -0.885. The fourth-order valence-corrected chi connectivity index (χ4v) is 4.62. The SMILES string of the molecule is CC(C)Oc1ccc(F)c(-c2nc(C(=O)Nc3cnccc3N3CCCCC3)c(N)s2)c1F. The lowest BCUT2D eigenvalue weighted by molar-refractivity contribution is 0.102. The van der Waals surface area contributed by atoms with Crippen molar-refractivity contribution in [3.05, 3.63) is 47.9 Å². The van der Waals surface area contributed by atoms with Gasteiger partial charge in [0.2, 0.25) is 0 Å². The minimum Gasteiger partial charge on any atom is -0.488 e. The van der Waals surface area contributed by atoms with Crippen molar-refractivity contribution in [1.82, 2.24) is 9.97 Å². The van der Waals surface area contributed by atoms with E-state index >= 15 is 0 Å². The van der Waals surface area contributed by atoms with Crippen LogP contribution in [0.15, 0.2) is 30.6 Å². The van der Waals surface area contributed by atoms with E-state index in [4.69, 9.17) is 10.5 Å². The van der Waals surface area contributed by atoms with Gasteiger partial charge in [0.15, 0.2) is 17.3 Å². The topological polar surface area (TPSA) is 93.4 Å². The second kappa shape index (κ2) is 9.70. The Balaban J connectivity index is 1.62. The average molecular weight is 474 g/mol. The molecule has 1 amide bonds. The summed E-state index contributed by atoms with van der Waals surface area (Å²) >= 11 is 0.839. The predicted octanol–water partition coefficient (Wildman–Crippen LogP) is 5.10. The van der Waals surface area contributed by atoms with Gasteiger partial charge in [0.25, 0.3) is 5.91 Å². The molecule has 0 saturated carbocycles. The fourth-order valence-electron chi connectivity index (χ4n) is 3.75. The third kappa shape index (κ3) is 4.90. The van der Waals surface area contributed by atoms with E-state index in [-0.39, 0.29) is 33.1 Å². The number of ether oxygens (including phenoxy) is 1. The van der Waals surface area contributed by atoms with Gasteiger partial charge in [0.05, 0.1) is 29.2 Å². The Bertz CT molecular complexity index is 1160. The van der Waals surface area contributed by atoms with Crippen LogP contribution in [0.3, 0.4) is 0 Å². The van der Waals surface area contributed by atoms with Gasteiger partial charge in [-0.25, -0.2) is 13.8 Å². The molecule has 1 aliphatic heterocycles. The molecule has 0 atom stereocenters. The van der Waals surface area contributed by atoms with E-state index in [2.05, 4.69) is 20.2 Å². The van der Waals surface area contributed by atoms with Crippen LogP contribution in [0.4, 0.5) is 25.2 Å². The molecule has 0 radical (unpaired) electrons. The lowest BCUT2D eigenvalue weighted by atomic mass is 10.1. The van der Waals surface area contributed by atoms with Crippen LogP contribution in [0.1, 0.15) is 43.6 Å². The number of hydrogen-bond acceptors (Lipinski definition) is 7. The van der Waals surface area contributed by atoms with E-state index < -0.39 is 17.5 Å². The number of amides is 1. The van der Waals surface area contributed by atoms with Gasteiger partial charge in [-0.3, -0.25) is 9.78 Å². The highest BCUT2D eigenvalue weighted by molar-refractivity contribution is 7.19. The maximum absolute atomic E-state index is 15.0. The number of hydrogen-bond donors (Lipinski definition) is 2. The molecule has 3 N–H and O–H groups in total. The molecule has 1 saturated heterocycles. The molecule has 1 aliphatic rings. The number of carbonyl (C=O) groups excluding carboxylic acids is 1. The Kier molecular flexibility index (Phi) is 6.73. The first kappa shape index (κ1) is 22.9. The lowest BCUT2D eigenvalue weighted by Gasteiger charge is -2.30. The van der Waals surface area contributed by atoms with Gasteiger partial charge in [-0.1, -0.05) is 11.3 Å². The Morgan fingerprint density at radius 3 is 2.70 bits per heavy atom. The maximum Gasteiger partial charge on any atom is 0.277 e. The average Bonchev–Trinajstić information content (AvgIpc) is 3.18. The number of piperidine rings is 1. The van der Waals surface area contributed by atoms with Gasteiger partial charge in [-0.15, -0.1) is 0 Å². The molecule has 1 aromatic carbocycles. The van der Waals surface area contributed by atoms with Crippen molar-refractivity contribution in [3.63, 3.8) is 0 Å². The van der Waals surface area contributed by atoms with Gasteiger partial charge in [-0.2, -0.15) is 0 Å². The molecule has 7 nitrogen and oxygen atoms in total. The number of nitrogens with two attached hydrogens (primary N) is 1. The number of pyridine rings is 1. The van der Waals surface area contributed by atoms with E-state index in [1.165, 1.54) is 12.5 Å². The zero-order chi connectivity index (χ0) is 23.5. The van der Waals surface area contributed by atoms with Crippen molar-refractivity contribution in [2.45, 2.75) is 39.2 Å². The molecule has 174 valence electrons. The number of halogens is 2. The summed E-state index contributed by atoms with van der Waals surface area (Å²) in [6.45, 7) is 5.26. The molecular weight excluding hydrogens is 448 g/mol. The molecule has 10 heteroatoms. The first-order chi connectivity index (χ1) is 15.8. The summed E-state index contributed by atoms with van der Waals surface area (Å²) in [4.78, 5) is 23.5. The van der Waals surface area contributed by atoms with E-state index in [1.54, 1.807) is 26.2 Å². The van der Waals surface area contributed by atoms with E-state index in [1.807, 2.05) is 6.07 Å². The number of aromatic nitrogens is 2. The van der Waals surface area contributed by atoms with Crippen LogP contribution < -0.4 is 20.7 Å². The molecular formula is C23H25F2N5O2S. The van der Waals surface area contributed by atoms with Crippen LogP contribution in [0.25, 0.3) is 10.6 Å². The first-order valence-electron chi connectivity index (χ1n) is 10.8. The highest BCUT2D eigenvalue weighted by Crippen LogP contribution is 2.37. The summed E-state index contributed by atoms with van der Waals surface area (Å²) in [6, 6.07) is 4.18. The summed E-state index contributed by atoms with van der Waals surface area (Å²) < 4.78 is 34.9. The molecule has 0 unspecified atom stereocenters. The standard InChI is InChI=1S/C23H25F2N5O2S/c1-13(2)32-17-7-6-14(24)18(19(17)25)23-29-20(21(26)33-23)22(31)28-15-12-27-9-8-16(15)30-10-4-3-5-11-30/h6-9,12-13H,3-5,10-11,26H2,1-2H3,(H,28,31). The Hall–Kier alpha value is -3.27. The van der Waals surface area contributed by atoms with Crippen LogP contribution in [-0.2, 0) is 0 Å². The highest BCUT2D eigenvalue weighted by Gasteiger charge is 2.25.